The second-order valence-corrected chi connectivity index (χ2v) is 3.57. The van der Waals surface area contributed by atoms with Gasteiger partial charge in [0.15, 0.2) is 0 Å². The monoisotopic (exact) mass is 221 g/mol. The van der Waals surface area contributed by atoms with Crippen molar-refractivity contribution in [3.05, 3.63) is 29.8 Å². The fraction of sp³-hybridized carbons (Fsp3) is 0.273. The van der Waals surface area contributed by atoms with Gasteiger partial charge in [0.25, 0.3) is 0 Å². The highest BCUT2D eigenvalue weighted by Gasteiger charge is 2.11. The number of nitrogens with two attached hydrogens (primary N) is 2. The zero-order valence-corrected chi connectivity index (χ0v) is 9.07. The summed E-state index contributed by atoms with van der Waals surface area (Å²) in [4.78, 5) is 22.4. The van der Waals surface area contributed by atoms with Gasteiger partial charge in [-0.15, -0.1) is 0 Å². The molecule has 0 fully saturated rings. The molecule has 0 aromatic heterocycles. The van der Waals surface area contributed by atoms with Crippen LogP contribution in [0, 0.1) is 5.92 Å². The van der Waals surface area contributed by atoms with Gasteiger partial charge in [0.1, 0.15) is 0 Å². The Labute approximate surface area is 93.8 Å². The zero-order chi connectivity index (χ0) is 12.1. The summed E-state index contributed by atoms with van der Waals surface area (Å²) in [5, 5.41) is 2.66. The minimum absolute atomic E-state index is 0.177. The van der Waals surface area contributed by atoms with Crippen LogP contribution in [0.2, 0.25) is 0 Å². The van der Waals surface area contributed by atoms with Crippen molar-refractivity contribution in [1.29, 1.82) is 0 Å². The molecule has 2 amide bonds. The topological polar surface area (TPSA) is 98.2 Å². The number of rotatable bonds is 4. The Morgan fingerprint density at radius 3 is 2.69 bits per heavy atom. The molecule has 5 nitrogen and oxygen atoms in total. The Balaban J connectivity index is 2.78. The highest BCUT2D eigenvalue weighted by molar-refractivity contribution is 5.96. The standard InChI is InChI=1S/C11H15N3O2/c1-7(6-12)11(16)14-9-4-2-3-8(5-9)10(13)15/h2-5,7H,6,12H2,1H3,(H2,13,15)(H,14,16). The van der Waals surface area contributed by atoms with Crippen molar-refractivity contribution in [3.8, 4) is 0 Å². The molecule has 0 heterocycles. The summed E-state index contributed by atoms with van der Waals surface area (Å²) in [6.45, 7) is 2.01. The Kier molecular flexibility index (Phi) is 4.02. The molecule has 0 saturated heterocycles. The first-order chi connectivity index (χ1) is 7.54. The molecular weight excluding hydrogens is 206 g/mol. The summed E-state index contributed by atoms with van der Waals surface area (Å²) >= 11 is 0. The lowest BCUT2D eigenvalue weighted by Gasteiger charge is -2.10. The maximum Gasteiger partial charge on any atom is 0.248 e. The molecule has 1 aromatic rings. The molecule has 0 saturated carbocycles. The smallest absolute Gasteiger partial charge is 0.248 e. The number of primary amides is 1. The zero-order valence-electron chi connectivity index (χ0n) is 9.07. The van der Waals surface area contributed by atoms with E-state index in [1.807, 2.05) is 0 Å². The van der Waals surface area contributed by atoms with Gasteiger partial charge in [-0.1, -0.05) is 13.0 Å². The van der Waals surface area contributed by atoms with Crippen LogP contribution in [0.4, 0.5) is 5.69 Å². The maximum absolute atomic E-state index is 11.5. The van der Waals surface area contributed by atoms with Gasteiger partial charge >= 0.3 is 0 Å². The molecule has 0 spiro atoms. The predicted molar refractivity (Wildman–Crippen MR) is 61.8 cm³/mol. The Morgan fingerprint density at radius 2 is 2.12 bits per heavy atom. The van der Waals surface area contributed by atoms with E-state index in [4.69, 9.17) is 11.5 Å². The van der Waals surface area contributed by atoms with Gasteiger partial charge < -0.3 is 16.8 Å². The third-order valence-electron chi connectivity index (χ3n) is 2.22. The van der Waals surface area contributed by atoms with E-state index in [0.717, 1.165) is 0 Å². The van der Waals surface area contributed by atoms with Crippen LogP contribution in [0.1, 0.15) is 17.3 Å². The molecule has 1 atom stereocenters. The maximum atomic E-state index is 11.5. The highest BCUT2D eigenvalue weighted by Crippen LogP contribution is 2.11. The van der Waals surface area contributed by atoms with Crippen LogP contribution in [-0.4, -0.2) is 18.4 Å². The van der Waals surface area contributed by atoms with Gasteiger partial charge in [-0.25, -0.2) is 0 Å². The molecule has 5 heteroatoms. The molecule has 0 aliphatic heterocycles. The lowest BCUT2D eigenvalue weighted by molar-refractivity contribution is -0.119. The molecule has 0 aliphatic carbocycles. The number of carbonyl (C=O) groups excluding carboxylic acids is 2. The number of benzene rings is 1. The van der Waals surface area contributed by atoms with E-state index in [2.05, 4.69) is 5.32 Å². The minimum atomic E-state index is -0.525. The number of anilines is 1. The fourth-order valence-corrected chi connectivity index (χ4v) is 1.12. The van der Waals surface area contributed by atoms with E-state index in [9.17, 15) is 9.59 Å². The van der Waals surface area contributed by atoms with E-state index in [0.29, 0.717) is 11.3 Å². The first-order valence-electron chi connectivity index (χ1n) is 4.95. The Bertz CT molecular complexity index is 404. The van der Waals surface area contributed by atoms with Crippen LogP contribution in [0.15, 0.2) is 24.3 Å². The molecule has 86 valence electrons. The average molecular weight is 221 g/mol. The Hall–Kier alpha value is -1.88. The number of hydrogen-bond acceptors (Lipinski definition) is 3. The molecule has 1 aromatic carbocycles. The average Bonchev–Trinajstić information content (AvgIpc) is 2.28. The summed E-state index contributed by atoms with van der Waals surface area (Å²) in [6, 6.07) is 6.46. The second-order valence-electron chi connectivity index (χ2n) is 3.57. The van der Waals surface area contributed by atoms with Crippen molar-refractivity contribution in [2.75, 3.05) is 11.9 Å². The van der Waals surface area contributed by atoms with E-state index >= 15 is 0 Å². The quantitative estimate of drug-likeness (QED) is 0.682. The summed E-state index contributed by atoms with van der Waals surface area (Å²) < 4.78 is 0. The molecule has 1 rings (SSSR count). The lowest BCUT2D eigenvalue weighted by Crippen LogP contribution is -2.26. The van der Waals surface area contributed by atoms with E-state index < -0.39 is 5.91 Å². The highest BCUT2D eigenvalue weighted by atomic mass is 16.2. The normalized spacial score (nSPS) is 11.9. The van der Waals surface area contributed by atoms with Gasteiger partial charge in [0, 0.05) is 23.7 Å². The van der Waals surface area contributed by atoms with Crippen LogP contribution in [0.25, 0.3) is 0 Å². The van der Waals surface area contributed by atoms with Gasteiger partial charge in [-0.05, 0) is 18.2 Å². The first-order valence-corrected chi connectivity index (χ1v) is 4.95. The molecule has 0 radical (unpaired) electrons. The third-order valence-corrected chi connectivity index (χ3v) is 2.22. The molecule has 16 heavy (non-hydrogen) atoms. The predicted octanol–water partition coefficient (Wildman–Crippen LogP) is 0.319. The van der Waals surface area contributed by atoms with Crippen molar-refractivity contribution in [3.63, 3.8) is 0 Å². The summed E-state index contributed by atoms with van der Waals surface area (Å²) in [7, 11) is 0. The van der Waals surface area contributed by atoms with E-state index in [1.165, 1.54) is 6.07 Å². The van der Waals surface area contributed by atoms with E-state index in [1.54, 1.807) is 25.1 Å². The van der Waals surface area contributed by atoms with E-state index in [-0.39, 0.29) is 18.4 Å². The summed E-state index contributed by atoms with van der Waals surface area (Å²) in [5.74, 6) is -0.968. The fourth-order valence-electron chi connectivity index (χ4n) is 1.12. The van der Waals surface area contributed by atoms with Gasteiger partial charge in [0.2, 0.25) is 11.8 Å². The summed E-state index contributed by atoms with van der Waals surface area (Å²) in [6.07, 6.45) is 0. The van der Waals surface area contributed by atoms with Crippen LogP contribution in [0.3, 0.4) is 0 Å². The van der Waals surface area contributed by atoms with Crippen molar-refractivity contribution in [2.24, 2.45) is 17.4 Å². The van der Waals surface area contributed by atoms with Crippen molar-refractivity contribution in [1.82, 2.24) is 0 Å². The van der Waals surface area contributed by atoms with Gasteiger partial charge in [-0.3, -0.25) is 9.59 Å². The number of hydrogen-bond donors (Lipinski definition) is 3. The van der Waals surface area contributed by atoms with Crippen LogP contribution in [-0.2, 0) is 4.79 Å². The molecule has 5 N–H and O–H groups in total. The molecule has 0 aliphatic rings. The number of carbonyl (C=O) groups is 2. The van der Waals surface area contributed by atoms with Crippen LogP contribution < -0.4 is 16.8 Å². The summed E-state index contributed by atoms with van der Waals surface area (Å²) in [5.41, 5.74) is 11.4. The lowest BCUT2D eigenvalue weighted by atomic mass is 10.1. The van der Waals surface area contributed by atoms with Gasteiger partial charge in [-0.2, -0.15) is 0 Å². The van der Waals surface area contributed by atoms with Crippen LogP contribution in [0.5, 0.6) is 0 Å². The van der Waals surface area contributed by atoms with Crippen molar-refractivity contribution in [2.45, 2.75) is 6.92 Å². The second kappa shape index (κ2) is 5.27. The van der Waals surface area contributed by atoms with Crippen molar-refractivity contribution < 1.29 is 9.59 Å². The minimum Gasteiger partial charge on any atom is -0.366 e. The third kappa shape index (κ3) is 3.06. The Morgan fingerprint density at radius 1 is 1.44 bits per heavy atom. The van der Waals surface area contributed by atoms with Crippen LogP contribution >= 0.6 is 0 Å². The number of nitrogens with one attached hydrogen (secondary N) is 1. The van der Waals surface area contributed by atoms with Crippen molar-refractivity contribution >= 4 is 17.5 Å². The number of amides is 2. The molecular formula is C11H15N3O2. The molecule has 0 bridgehead atoms. The van der Waals surface area contributed by atoms with Gasteiger partial charge in [0.05, 0.1) is 0 Å². The SMILES string of the molecule is CC(CN)C(=O)Nc1cccc(C(N)=O)c1. The first kappa shape index (κ1) is 12.2. The molecule has 1 unspecified atom stereocenters. The largest absolute Gasteiger partial charge is 0.366 e.